The highest BCUT2D eigenvalue weighted by Crippen LogP contribution is 2.22. The molecule has 0 aliphatic heterocycles. The van der Waals surface area contributed by atoms with E-state index in [4.69, 9.17) is 4.74 Å². The minimum Gasteiger partial charge on any atom is -0.462 e. The third kappa shape index (κ3) is 6.38. The van der Waals surface area contributed by atoms with E-state index in [1.807, 2.05) is 4.90 Å². The van der Waals surface area contributed by atoms with Crippen molar-refractivity contribution in [1.29, 1.82) is 0 Å². The first kappa shape index (κ1) is 20.9. The lowest BCUT2D eigenvalue weighted by Gasteiger charge is -2.30. The molecule has 0 atom stereocenters. The van der Waals surface area contributed by atoms with E-state index >= 15 is 0 Å². The van der Waals surface area contributed by atoms with Crippen molar-refractivity contribution in [1.82, 2.24) is 4.90 Å². The number of ether oxygens (including phenoxy) is 1. The van der Waals surface area contributed by atoms with Gasteiger partial charge in [0.2, 0.25) is 11.8 Å². The Morgan fingerprint density at radius 3 is 2.41 bits per heavy atom. The Morgan fingerprint density at radius 2 is 1.78 bits per heavy atom. The average molecular weight is 374 g/mol. The van der Waals surface area contributed by atoms with E-state index in [-0.39, 0.29) is 30.9 Å². The number of rotatable bonds is 7. The van der Waals surface area contributed by atoms with Gasteiger partial charge in [0.25, 0.3) is 0 Å². The first-order valence-corrected chi connectivity index (χ1v) is 9.86. The molecule has 0 unspecified atom stereocenters. The highest BCUT2D eigenvalue weighted by atomic mass is 16.5. The molecular weight excluding hydrogens is 344 g/mol. The Balaban J connectivity index is 1.96. The molecule has 0 aromatic heterocycles. The van der Waals surface area contributed by atoms with Crippen LogP contribution in [0.2, 0.25) is 0 Å². The number of carbonyl (C=O) groups excluding carboxylic acids is 3. The van der Waals surface area contributed by atoms with Gasteiger partial charge in [-0.3, -0.25) is 9.59 Å². The fourth-order valence-corrected chi connectivity index (χ4v) is 3.58. The summed E-state index contributed by atoms with van der Waals surface area (Å²) in [5.41, 5.74) is 0.768. The molecule has 148 valence electrons. The number of amides is 2. The summed E-state index contributed by atoms with van der Waals surface area (Å²) < 4.78 is 5.03. The van der Waals surface area contributed by atoms with Crippen LogP contribution in [-0.2, 0) is 14.3 Å². The van der Waals surface area contributed by atoms with Crippen LogP contribution in [0.3, 0.4) is 0 Å². The molecule has 1 aromatic rings. The molecule has 0 radical (unpaired) electrons. The lowest BCUT2D eigenvalue weighted by molar-refractivity contribution is -0.131. The maximum Gasteiger partial charge on any atom is 0.340 e. The normalized spacial score (nSPS) is 14.9. The van der Waals surface area contributed by atoms with Crippen LogP contribution in [0, 0.1) is 0 Å². The van der Waals surface area contributed by atoms with Crippen molar-refractivity contribution in [3.8, 4) is 0 Å². The van der Waals surface area contributed by atoms with Gasteiger partial charge in [-0.15, -0.1) is 0 Å². The quantitative estimate of drug-likeness (QED) is 0.582. The number of nitrogens with zero attached hydrogens (tertiary/aromatic N) is 1. The standard InChI is InChI=1S/C21H30N2O4/c1-3-27-21(26)18-12-8-9-13-19(18)22-20(25)14-15-23(16(2)24)17-10-6-4-5-7-11-17/h8-9,12-13,17H,3-7,10-11,14-15H2,1-2H3,(H,22,25). The number of hydrogen-bond acceptors (Lipinski definition) is 4. The second kappa shape index (κ2) is 10.7. The van der Waals surface area contributed by atoms with Crippen molar-refractivity contribution in [2.45, 2.75) is 64.8 Å². The molecule has 27 heavy (non-hydrogen) atoms. The van der Waals surface area contributed by atoms with Gasteiger partial charge in [0.15, 0.2) is 0 Å². The molecule has 1 aliphatic carbocycles. The first-order valence-electron chi connectivity index (χ1n) is 9.86. The molecule has 2 rings (SSSR count). The molecule has 1 saturated carbocycles. The Morgan fingerprint density at radius 1 is 1.11 bits per heavy atom. The molecule has 0 heterocycles. The molecule has 1 fully saturated rings. The Labute approximate surface area is 161 Å². The smallest absolute Gasteiger partial charge is 0.340 e. The third-order valence-electron chi connectivity index (χ3n) is 4.95. The van der Waals surface area contributed by atoms with Crippen molar-refractivity contribution in [2.24, 2.45) is 0 Å². The number of para-hydroxylation sites is 1. The lowest BCUT2D eigenvalue weighted by Crippen LogP contribution is -2.40. The first-order chi connectivity index (χ1) is 13.0. The van der Waals surface area contributed by atoms with Crippen LogP contribution in [0.25, 0.3) is 0 Å². The van der Waals surface area contributed by atoms with Crippen molar-refractivity contribution in [3.05, 3.63) is 29.8 Å². The molecule has 6 heteroatoms. The van der Waals surface area contributed by atoms with Crippen molar-refractivity contribution < 1.29 is 19.1 Å². The zero-order valence-electron chi connectivity index (χ0n) is 16.3. The minimum atomic E-state index is -0.461. The van der Waals surface area contributed by atoms with Crippen LogP contribution in [0.5, 0.6) is 0 Å². The largest absolute Gasteiger partial charge is 0.462 e. The lowest BCUT2D eigenvalue weighted by atomic mass is 10.1. The molecule has 1 N–H and O–H groups in total. The zero-order valence-corrected chi connectivity index (χ0v) is 16.3. The molecule has 0 bridgehead atoms. The summed E-state index contributed by atoms with van der Waals surface area (Å²) in [5, 5.41) is 2.78. The van der Waals surface area contributed by atoms with Crippen molar-refractivity contribution in [2.75, 3.05) is 18.5 Å². The molecule has 6 nitrogen and oxygen atoms in total. The topological polar surface area (TPSA) is 75.7 Å². The Kier molecular flexibility index (Phi) is 8.30. The van der Waals surface area contributed by atoms with Crippen LogP contribution in [0.1, 0.15) is 69.2 Å². The van der Waals surface area contributed by atoms with Gasteiger partial charge in [-0.2, -0.15) is 0 Å². The highest BCUT2D eigenvalue weighted by Gasteiger charge is 2.23. The highest BCUT2D eigenvalue weighted by molar-refractivity contribution is 6.01. The van der Waals surface area contributed by atoms with E-state index in [0.717, 1.165) is 25.7 Å². The van der Waals surface area contributed by atoms with Crippen LogP contribution in [0.4, 0.5) is 5.69 Å². The van der Waals surface area contributed by atoms with Gasteiger partial charge in [-0.1, -0.05) is 37.8 Å². The summed E-state index contributed by atoms with van der Waals surface area (Å²) in [7, 11) is 0. The van der Waals surface area contributed by atoms with E-state index in [2.05, 4.69) is 5.32 Å². The van der Waals surface area contributed by atoms with Crippen molar-refractivity contribution in [3.63, 3.8) is 0 Å². The summed E-state index contributed by atoms with van der Waals surface area (Å²) in [4.78, 5) is 38.3. The Bertz CT molecular complexity index is 651. The summed E-state index contributed by atoms with van der Waals surface area (Å²) in [6.07, 6.45) is 6.91. The number of nitrogens with one attached hydrogen (secondary N) is 1. The molecule has 2 amide bonds. The predicted molar refractivity (Wildman–Crippen MR) is 105 cm³/mol. The van der Waals surface area contributed by atoms with Crippen LogP contribution < -0.4 is 5.32 Å². The third-order valence-corrected chi connectivity index (χ3v) is 4.95. The van der Waals surface area contributed by atoms with Gasteiger partial charge >= 0.3 is 5.97 Å². The summed E-state index contributed by atoms with van der Waals surface area (Å²) in [5.74, 6) is -0.662. The van der Waals surface area contributed by atoms with Gasteiger partial charge in [0, 0.05) is 25.9 Å². The zero-order chi connectivity index (χ0) is 19.6. The molecule has 0 saturated heterocycles. The minimum absolute atomic E-state index is 0.0154. The predicted octanol–water partition coefficient (Wildman–Crippen LogP) is 3.76. The van der Waals surface area contributed by atoms with Gasteiger partial charge in [0.05, 0.1) is 17.9 Å². The maximum atomic E-state index is 12.4. The molecule has 0 spiro atoms. The molecule has 1 aromatic carbocycles. The molecular formula is C21H30N2O4. The number of carbonyl (C=O) groups is 3. The van der Waals surface area contributed by atoms with Gasteiger partial charge < -0.3 is 15.0 Å². The van der Waals surface area contributed by atoms with E-state index in [1.54, 1.807) is 38.1 Å². The van der Waals surface area contributed by atoms with Crippen LogP contribution >= 0.6 is 0 Å². The monoisotopic (exact) mass is 374 g/mol. The fourth-order valence-electron chi connectivity index (χ4n) is 3.58. The van der Waals surface area contributed by atoms with Crippen LogP contribution in [0.15, 0.2) is 24.3 Å². The van der Waals surface area contributed by atoms with Gasteiger partial charge in [-0.05, 0) is 31.9 Å². The van der Waals surface area contributed by atoms with E-state index in [0.29, 0.717) is 17.8 Å². The number of benzene rings is 1. The second-order valence-corrected chi connectivity index (χ2v) is 6.92. The summed E-state index contributed by atoms with van der Waals surface area (Å²) >= 11 is 0. The second-order valence-electron chi connectivity index (χ2n) is 6.92. The molecule has 1 aliphatic rings. The average Bonchev–Trinajstić information content (AvgIpc) is 2.91. The fraction of sp³-hybridized carbons (Fsp3) is 0.571. The Hall–Kier alpha value is -2.37. The van der Waals surface area contributed by atoms with Gasteiger partial charge in [-0.25, -0.2) is 4.79 Å². The SMILES string of the molecule is CCOC(=O)c1ccccc1NC(=O)CCN(C(C)=O)C1CCCCCC1. The van der Waals surface area contributed by atoms with E-state index in [9.17, 15) is 14.4 Å². The number of hydrogen-bond donors (Lipinski definition) is 1. The summed E-state index contributed by atoms with van der Waals surface area (Å²) in [6, 6.07) is 7.01. The van der Waals surface area contributed by atoms with E-state index < -0.39 is 5.97 Å². The number of esters is 1. The van der Waals surface area contributed by atoms with E-state index in [1.165, 1.54) is 12.8 Å². The maximum absolute atomic E-state index is 12.4. The van der Waals surface area contributed by atoms with Gasteiger partial charge in [0.1, 0.15) is 0 Å². The van der Waals surface area contributed by atoms with Crippen LogP contribution in [-0.4, -0.2) is 41.9 Å². The van der Waals surface area contributed by atoms with Crippen molar-refractivity contribution >= 4 is 23.5 Å². The number of anilines is 1. The summed E-state index contributed by atoms with van der Waals surface area (Å²) in [6.45, 7) is 3.98.